The average Bonchev–Trinajstić information content (AvgIpc) is 2.71. The Morgan fingerprint density at radius 2 is 2.07 bits per heavy atom. The number of nitrogens with two attached hydrogens (primary N) is 1. The molecule has 1 fully saturated rings. The molecule has 1 saturated carbocycles. The first kappa shape index (κ1) is 10.1. The molecular formula is C11H18N2S. The fourth-order valence-corrected chi connectivity index (χ4v) is 2.99. The summed E-state index contributed by atoms with van der Waals surface area (Å²) in [5.74, 6) is 0.527. The maximum absolute atomic E-state index is 6.34. The van der Waals surface area contributed by atoms with E-state index in [1.807, 2.05) is 0 Å². The molecule has 0 unspecified atom stereocenters. The monoisotopic (exact) mass is 210 g/mol. The van der Waals surface area contributed by atoms with Crippen LogP contribution in [0.25, 0.3) is 0 Å². The average molecular weight is 210 g/mol. The molecule has 1 aromatic rings. The minimum Gasteiger partial charge on any atom is -0.320 e. The fraction of sp³-hybridized carbons (Fsp3) is 0.727. The third kappa shape index (κ3) is 1.71. The van der Waals surface area contributed by atoms with Crippen molar-refractivity contribution in [2.75, 3.05) is 0 Å². The summed E-state index contributed by atoms with van der Waals surface area (Å²) in [6.45, 7) is 4.36. The van der Waals surface area contributed by atoms with E-state index < -0.39 is 0 Å². The minimum absolute atomic E-state index is 0.107. The summed E-state index contributed by atoms with van der Waals surface area (Å²) >= 11 is 1.75. The van der Waals surface area contributed by atoms with Gasteiger partial charge in [0.2, 0.25) is 0 Å². The van der Waals surface area contributed by atoms with Crippen LogP contribution in [0.5, 0.6) is 0 Å². The van der Waals surface area contributed by atoms with Gasteiger partial charge < -0.3 is 5.73 Å². The largest absolute Gasteiger partial charge is 0.320 e. The van der Waals surface area contributed by atoms with Crippen LogP contribution in [-0.4, -0.2) is 4.98 Å². The van der Waals surface area contributed by atoms with Gasteiger partial charge in [-0.3, -0.25) is 0 Å². The lowest BCUT2D eigenvalue weighted by atomic mass is 9.96. The van der Waals surface area contributed by atoms with Gasteiger partial charge in [0.05, 0.1) is 16.2 Å². The maximum atomic E-state index is 6.34. The van der Waals surface area contributed by atoms with Gasteiger partial charge >= 0.3 is 0 Å². The quantitative estimate of drug-likeness (QED) is 0.815. The van der Waals surface area contributed by atoms with E-state index in [2.05, 4.69) is 24.2 Å². The number of hydrogen-bond donors (Lipinski definition) is 1. The van der Waals surface area contributed by atoms with Crippen molar-refractivity contribution in [1.82, 2.24) is 4.98 Å². The van der Waals surface area contributed by atoms with Crippen LogP contribution in [0.1, 0.15) is 56.2 Å². The van der Waals surface area contributed by atoms with E-state index in [0.29, 0.717) is 5.92 Å². The Labute approximate surface area is 89.5 Å². The lowest BCUT2D eigenvalue weighted by molar-refractivity contribution is 0.448. The van der Waals surface area contributed by atoms with Crippen LogP contribution in [0.2, 0.25) is 0 Å². The van der Waals surface area contributed by atoms with E-state index in [1.165, 1.54) is 17.8 Å². The highest BCUT2D eigenvalue weighted by molar-refractivity contribution is 7.09. The van der Waals surface area contributed by atoms with Crippen molar-refractivity contribution in [3.8, 4) is 0 Å². The summed E-state index contributed by atoms with van der Waals surface area (Å²) in [5, 5.41) is 3.37. The van der Waals surface area contributed by atoms with Crippen molar-refractivity contribution in [3.05, 3.63) is 16.1 Å². The molecule has 0 aliphatic heterocycles. The van der Waals surface area contributed by atoms with Gasteiger partial charge in [-0.2, -0.15) is 0 Å². The fourth-order valence-electron chi connectivity index (χ4n) is 2.04. The molecule has 2 N–H and O–H groups in total. The first-order chi connectivity index (χ1) is 6.62. The Kier molecular flexibility index (Phi) is 2.62. The molecular weight excluding hydrogens is 192 g/mol. The van der Waals surface area contributed by atoms with Crippen molar-refractivity contribution in [2.24, 2.45) is 5.73 Å². The van der Waals surface area contributed by atoms with Gasteiger partial charge in [-0.05, 0) is 12.8 Å². The number of rotatable bonds is 2. The highest BCUT2D eigenvalue weighted by atomic mass is 32.1. The van der Waals surface area contributed by atoms with Crippen LogP contribution < -0.4 is 5.73 Å². The Morgan fingerprint density at radius 1 is 1.43 bits per heavy atom. The molecule has 78 valence electrons. The summed E-state index contributed by atoms with van der Waals surface area (Å²) in [4.78, 5) is 4.66. The Balaban J connectivity index is 2.23. The highest BCUT2D eigenvalue weighted by Crippen LogP contribution is 2.37. The zero-order chi connectivity index (χ0) is 10.2. The molecule has 1 aliphatic carbocycles. The van der Waals surface area contributed by atoms with Crippen molar-refractivity contribution in [3.63, 3.8) is 0 Å². The summed E-state index contributed by atoms with van der Waals surface area (Å²) in [6, 6.07) is 0. The van der Waals surface area contributed by atoms with Crippen molar-refractivity contribution in [1.29, 1.82) is 0 Å². The number of aromatic nitrogens is 1. The summed E-state index contributed by atoms with van der Waals surface area (Å²) in [6.07, 6.45) is 4.72. The lowest BCUT2D eigenvalue weighted by Crippen LogP contribution is -2.33. The molecule has 0 spiro atoms. The molecule has 3 heteroatoms. The second kappa shape index (κ2) is 3.63. The zero-order valence-electron chi connectivity index (χ0n) is 8.92. The van der Waals surface area contributed by atoms with E-state index in [9.17, 15) is 0 Å². The van der Waals surface area contributed by atoms with Gasteiger partial charge in [0.15, 0.2) is 0 Å². The van der Waals surface area contributed by atoms with Gasteiger partial charge in [0.1, 0.15) is 0 Å². The molecule has 0 saturated heterocycles. The molecule has 0 bridgehead atoms. The third-order valence-corrected chi connectivity index (χ3v) is 4.17. The highest BCUT2D eigenvalue weighted by Gasteiger charge is 2.33. The lowest BCUT2D eigenvalue weighted by Gasteiger charge is -2.20. The predicted octanol–water partition coefficient (Wildman–Crippen LogP) is 2.99. The number of thiazole rings is 1. The van der Waals surface area contributed by atoms with E-state index in [-0.39, 0.29) is 5.54 Å². The number of nitrogens with zero attached hydrogens (tertiary/aromatic N) is 1. The smallest absolute Gasteiger partial charge is 0.0954 e. The van der Waals surface area contributed by atoms with Crippen LogP contribution in [0.3, 0.4) is 0 Å². The Hall–Kier alpha value is -0.410. The van der Waals surface area contributed by atoms with Crippen LogP contribution in [0, 0.1) is 0 Å². The van der Waals surface area contributed by atoms with Gasteiger partial charge in [0.25, 0.3) is 0 Å². The zero-order valence-corrected chi connectivity index (χ0v) is 9.73. The SMILES string of the molecule is CC(C)c1nc(C2(N)CCCC2)cs1. The van der Waals surface area contributed by atoms with Crippen LogP contribution in [0.15, 0.2) is 5.38 Å². The second-order valence-electron chi connectivity index (χ2n) is 4.59. The van der Waals surface area contributed by atoms with E-state index in [4.69, 9.17) is 5.73 Å². The van der Waals surface area contributed by atoms with E-state index in [0.717, 1.165) is 18.5 Å². The van der Waals surface area contributed by atoms with E-state index in [1.54, 1.807) is 11.3 Å². The van der Waals surface area contributed by atoms with E-state index >= 15 is 0 Å². The Morgan fingerprint density at radius 3 is 2.57 bits per heavy atom. The maximum Gasteiger partial charge on any atom is 0.0954 e. The van der Waals surface area contributed by atoms with Crippen LogP contribution in [-0.2, 0) is 5.54 Å². The summed E-state index contributed by atoms with van der Waals surface area (Å²) in [7, 11) is 0. The van der Waals surface area contributed by atoms with Crippen molar-refractivity contribution in [2.45, 2.75) is 51.0 Å². The van der Waals surface area contributed by atoms with Gasteiger partial charge in [-0.25, -0.2) is 4.98 Å². The summed E-state index contributed by atoms with van der Waals surface area (Å²) in [5.41, 5.74) is 7.36. The molecule has 0 radical (unpaired) electrons. The van der Waals surface area contributed by atoms with Gasteiger partial charge in [-0.15, -0.1) is 11.3 Å². The molecule has 1 aliphatic rings. The van der Waals surface area contributed by atoms with Gasteiger partial charge in [0, 0.05) is 11.3 Å². The van der Waals surface area contributed by atoms with Crippen molar-refractivity contribution >= 4 is 11.3 Å². The molecule has 0 atom stereocenters. The van der Waals surface area contributed by atoms with Crippen molar-refractivity contribution < 1.29 is 0 Å². The molecule has 1 aromatic heterocycles. The van der Waals surface area contributed by atoms with Gasteiger partial charge in [-0.1, -0.05) is 26.7 Å². The normalized spacial score (nSPS) is 20.6. The topological polar surface area (TPSA) is 38.9 Å². The second-order valence-corrected chi connectivity index (χ2v) is 5.48. The standard InChI is InChI=1S/C11H18N2S/c1-8(2)10-13-9(7-14-10)11(12)5-3-4-6-11/h7-8H,3-6,12H2,1-2H3. The summed E-state index contributed by atoms with van der Waals surface area (Å²) < 4.78 is 0. The molecule has 0 aromatic carbocycles. The predicted molar refractivity (Wildman–Crippen MR) is 60.5 cm³/mol. The number of hydrogen-bond acceptors (Lipinski definition) is 3. The first-order valence-corrected chi connectivity index (χ1v) is 6.24. The molecule has 2 nitrogen and oxygen atoms in total. The molecule has 0 amide bonds. The third-order valence-electron chi connectivity index (χ3n) is 3.02. The van der Waals surface area contributed by atoms with Crippen LogP contribution >= 0.6 is 11.3 Å². The minimum atomic E-state index is -0.107. The Bertz CT molecular complexity index is 311. The van der Waals surface area contributed by atoms with Crippen LogP contribution in [0.4, 0.5) is 0 Å². The first-order valence-electron chi connectivity index (χ1n) is 5.36. The molecule has 1 heterocycles. The molecule has 2 rings (SSSR count). The molecule has 14 heavy (non-hydrogen) atoms.